The minimum atomic E-state index is -0.297. The first-order valence-electron chi connectivity index (χ1n) is 5.22. The molecule has 15 heavy (non-hydrogen) atoms. The molecule has 0 saturated carbocycles. The molecule has 0 aliphatic heterocycles. The molecule has 0 spiro atoms. The maximum Gasteiger partial charge on any atom is 0.255 e. The van der Waals surface area contributed by atoms with Crippen LogP contribution in [0, 0.1) is 0 Å². The molecule has 1 rings (SSSR count). The highest BCUT2D eigenvalue weighted by molar-refractivity contribution is 5.94. The fourth-order valence-corrected chi connectivity index (χ4v) is 1.47. The summed E-state index contributed by atoms with van der Waals surface area (Å²) in [5, 5.41) is 2.96. The van der Waals surface area contributed by atoms with Crippen LogP contribution in [0.4, 0.5) is 0 Å². The van der Waals surface area contributed by atoms with Crippen molar-refractivity contribution in [2.75, 3.05) is 6.54 Å². The highest BCUT2D eigenvalue weighted by atomic mass is 16.3. The predicted molar refractivity (Wildman–Crippen MR) is 58.5 cm³/mol. The van der Waals surface area contributed by atoms with Crippen LogP contribution in [0.5, 0.6) is 0 Å². The SMILES string of the molecule is CCC(CC)(CN)NC(=O)c1ccoc1. The largest absolute Gasteiger partial charge is 0.472 e. The number of amides is 1. The van der Waals surface area contributed by atoms with E-state index >= 15 is 0 Å². The molecule has 0 atom stereocenters. The van der Waals surface area contributed by atoms with Crippen LogP contribution in [0.2, 0.25) is 0 Å². The first-order chi connectivity index (χ1) is 7.17. The third kappa shape index (κ3) is 2.59. The molecule has 0 fully saturated rings. The number of carbonyl (C=O) groups is 1. The van der Waals surface area contributed by atoms with Gasteiger partial charge in [0.25, 0.3) is 5.91 Å². The first kappa shape index (κ1) is 11.8. The fraction of sp³-hybridized carbons (Fsp3) is 0.545. The van der Waals surface area contributed by atoms with Crippen molar-refractivity contribution >= 4 is 5.91 Å². The van der Waals surface area contributed by atoms with Crippen LogP contribution in [-0.2, 0) is 0 Å². The van der Waals surface area contributed by atoms with Gasteiger partial charge in [0, 0.05) is 6.54 Å². The number of carbonyl (C=O) groups excluding carboxylic acids is 1. The van der Waals surface area contributed by atoms with Gasteiger partial charge >= 0.3 is 0 Å². The molecule has 0 aromatic carbocycles. The molecule has 1 aromatic rings. The molecule has 1 heterocycles. The smallest absolute Gasteiger partial charge is 0.255 e. The number of hydrogen-bond acceptors (Lipinski definition) is 3. The zero-order valence-electron chi connectivity index (χ0n) is 9.25. The van der Waals surface area contributed by atoms with Crippen molar-refractivity contribution in [1.82, 2.24) is 5.32 Å². The van der Waals surface area contributed by atoms with Crippen LogP contribution in [-0.4, -0.2) is 18.0 Å². The van der Waals surface area contributed by atoms with Crippen LogP contribution < -0.4 is 11.1 Å². The van der Waals surface area contributed by atoms with Gasteiger partial charge in [0.2, 0.25) is 0 Å². The van der Waals surface area contributed by atoms with Gasteiger partial charge in [-0.2, -0.15) is 0 Å². The average Bonchev–Trinajstić information content (AvgIpc) is 2.79. The Morgan fingerprint density at radius 3 is 2.60 bits per heavy atom. The zero-order valence-corrected chi connectivity index (χ0v) is 9.25. The summed E-state index contributed by atoms with van der Waals surface area (Å²) in [4.78, 5) is 11.8. The second-order valence-corrected chi connectivity index (χ2v) is 3.66. The van der Waals surface area contributed by atoms with Crippen LogP contribution in [0.25, 0.3) is 0 Å². The Morgan fingerprint density at radius 2 is 2.20 bits per heavy atom. The topological polar surface area (TPSA) is 68.3 Å². The minimum Gasteiger partial charge on any atom is -0.472 e. The normalized spacial score (nSPS) is 11.4. The molecule has 0 unspecified atom stereocenters. The molecule has 1 amide bonds. The zero-order chi connectivity index (χ0) is 11.3. The second kappa shape index (κ2) is 4.98. The van der Waals surface area contributed by atoms with E-state index in [1.54, 1.807) is 6.07 Å². The molecule has 0 aliphatic carbocycles. The van der Waals surface area contributed by atoms with Crippen LogP contribution in [0.3, 0.4) is 0 Å². The van der Waals surface area contributed by atoms with E-state index in [2.05, 4.69) is 5.32 Å². The van der Waals surface area contributed by atoms with E-state index in [4.69, 9.17) is 10.2 Å². The van der Waals surface area contributed by atoms with Crippen molar-refractivity contribution in [3.8, 4) is 0 Å². The Morgan fingerprint density at radius 1 is 1.53 bits per heavy atom. The molecular formula is C11H18N2O2. The lowest BCUT2D eigenvalue weighted by molar-refractivity contribution is 0.0894. The van der Waals surface area contributed by atoms with Crippen molar-refractivity contribution in [1.29, 1.82) is 0 Å². The molecular weight excluding hydrogens is 192 g/mol. The summed E-state index contributed by atoms with van der Waals surface area (Å²) in [7, 11) is 0. The minimum absolute atomic E-state index is 0.127. The van der Waals surface area contributed by atoms with Gasteiger partial charge in [0.1, 0.15) is 6.26 Å². The number of furan rings is 1. The summed E-state index contributed by atoms with van der Waals surface area (Å²) >= 11 is 0. The summed E-state index contributed by atoms with van der Waals surface area (Å²) in [6.45, 7) is 4.49. The van der Waals surface area contributed by atoms with Gasteiger partial charge in [-0.15, -0.1) is 0 Å². The summed E-state index contributed by atoms with van der Waals surface area (Å²) in [6.07, 6.45) is 4.56. The average molecular weight is 210 g/mol. The number of nitrogens with one attached hydrogen (secondary N) is 1. The van der Waals surface area contributed by atoms with E-state index < -0.39 is 0 Å². The van der Waals surface area contributed by atoms with Gasteiger partial charge < -0.3 is 15.5 Å². The molecule has 4 heteroatoms. The third-order valence-corrected chi connectivity index (χ3v) is 2.91. The van der Waals surface area contributed by atoms with Gasteiger partial charge in [-0.1, -0.05) is 13.8 Å². The van der Waals surface area contributed by atoms with Gasteiger partial charge in [-0.3, -0.25) is 4.79 Å². The maximum atomic E-state index is 11.8. The molecule has 84 valence electrons. The lowest BCUT2D eigenvalue weighted by Crippen LogP contribution is -2.52. The maximum absolute atomic E-state index is 11.8. The quantitative estimate of drug-likeness (QED) is 0.774. The highest BCUT2D eigenvalue weighted by Crippen LogP contribution is 2.14. The first-order valence-corrected chi connectivity index (χ1v) is 5.22. The van der Waals surface area contributed by atoms with Crippen molar-refractivity contribution < 1.29 is 9.21 Å². The van der Waals surface area contributed by atoms with E-state index in [9.17, 15) is 4.79 Å². The van der Waals surface area contributed by atoms with Crippen LogP contribution in [0.1, 0.15) is 37.0 Å². The molecule has 3 N–H and O–H groups in total. The summed E-state index contributed by atoms with van der Waals surface area (Å²) in [6, 6.07) is 1.64. The Bertz CT molecular complexity index is 294. The lowest BCUT2D eigenvalue weighted by atomic mass is 9.92. The predicted octanol–water partition coefficient (Wildman–Crippen LogP) is 1.53. The van der Waals surface area contributed by atoms with E-state index in [-0.39, 0.29) is 11.4 Å². The number of hydrogen-bond donors (Lipinski definition) is 2. The van der Waals surface area contributed by atoms with Crippen molar-refractivity contribution in [3.63, 3.8) is 0 Å². The number of rotatable bonds is 5. The molecule has 1 aromatic heterocycles. The second-order valence-electron chi connectivity index (χ2n) is 3.66. The number of nitrogens with two attached hydrogens (primary N) is 1. The monoisotopic (exact) mass is 210 g/mol. The van der Waals surface area contributed by atoms with Crippen LogP contribution in [0.15, 0.2) is 23.0 Å². The molecule has 4 nitrogen and oxygen atoms in total. The summed E-state index contributed by atoms with van der Waals surface area (Å²) in [5.41, 5.74) is 5.93. The lowest BCUT2D eigenvalue weighted by Gasteiger charge is -2.31. The van der Waals surface area contributed by atoms with E-state index in [1.807, 2.05) is 13.8 Å². The molecule has 0 bridgehead atoms. The fourth-order valence-electron chi connectivity index (χ4n) is 1.47. The summed E-state index contributed by atoms with van der Waals surface area (Å²) < 4.78 is 4.86. The van der Waals surface area contributed by atoms with E-state index in [0.717, 1.165) is 12.8 Å². The Hall–Kier alpha value is -1.29. The Kier molecular flexibility index (Phi) is 3.91. The van der Waals surface area contributed by atoms with Gasteiger partial charge in [0.05, 0.1) is 17.4 Å². The molecule has 0 radical (unpaired) electrons. The van der Waals surface area contributed by atoms with Gasteiger partial charge in [-0.25, -0.2) is 0 Å². The molecule has 0 saturated heterocycles. The van der Waals surface area contributed by atoms with Crippen LogP contribution >= 0.6 is 0 Å². The Balaban J connectivity index is 2.71. The van der Waals surface area contributed by atoms with E-state index in [1.165, 1.54) is 12.5 Å². The Labute approximate surface area is 89.8 Å². The summed E-state index contributed by atoms with van der Waals surface area (Å²) in [5.74, 6) is -0.127. The molecule has 0 aliphatic rings. The van der Waals surface area contributed by atoms with Gasteiger partial charge in [-0.05, 0) is 18.9 Å². The van der Waals surface area contributed by atoms with Crippen molar-refractivity contribution in [2.24, 2.45) is 5.73 Å². The van der Waals surface area contributed by atoms with Crippen molar-refractivity contribution in [2.45, 2.75) is 32.2 Å². The van der Waals surface area contributed by atoms with Gasteiger partial charge in [0.15, 0.2) is 0 Å². The highest BCUT2D eigenvalue weighted by Gasteiger charge is 2.26. The standard InChI is InChI=1S/C11H18N2O2/c1-3-11(4-2,8-12)13-10(14)9-5-6-15-7-9/h5-7H,3-4,8,12H2,1-2H3,(H,13,14). The van der Waals surface area contributed by atoms with Crippen molar-refractivity contribution in [3.05, 3.63) is 24.2 Å². The van der Waals surface area contributed by atoms with E-state index in [0.29, 0.717) is 12.1 Å². The third-order valence-electron chi connectivity index (χ3n) is 2.91.